The lowest BCUT2D eigenvalue weighted by molar-refractivity contribution is -0.149. The van der Waals surface area contributed by atoms with Crippen LogP contribution in [-0.2, 0) is 9.59 Å². The van der Waals surface area contributed by atoms with E-state index in [0.29, 0.717) is 22.9 Å². The van der Waals surface area contributed by atoms with Gasteiger partial charge in [-0.1, -0.05) is 0 Å². The van der Waals surface area contributed by atoms with Crippen molar-refractivity contribution >= 4 is 17.4 Å². The van der Waals surface area contributed by atoms with Crippen LogP contribution in [0.3, 0.4) is 0 Å². The predicted octanol–water partition coefficient (Wildman–Crippen LogP) is 0.262. The van der Waals surface area contributed by atoms with E-state index in [4.69, 9.17) is 14.6 Å². The van der Waals surface area contributed by atoms with Gasteiger partial charge in [-0.05, 0) is 0 Å². The number of carbonyl (C=O) groups excluding carboxylic acids is 1. The van der Waals surface area contributed by atoms with Gasteiger partial charge >= 0.3 is 5.97 Å². The van der Waals surface area contributed by atoms with Crippen molar-refractivity contribution in [2.24, 2.45) is 0 Å². The van der Waals surface area contributed by atoms with Crippen molar-refractivity contribution in [2.45, 2.75) is 5.92 Å². The molecule has 1 unspecified atom stereocenters. The maximum atomic E-state index is 11.6. The first-order valence-corrected chi connectivity index (χ1v) is 5.22. The summed E-state index contributed by atoms with van der Waals surface area (Å²) in [5.41, 5.74) is 0.994. The van der Waals surface area contributed by atoms with E-state index in [0.717, 1.165) is 0 Å². The number of nitrogens with zero attached hydrogens (tertiary/aromatic N) is 1. The predicted molar refractivity (Wildman–Crippen MR) is 61.2 cm³/mol. The molecule has 1 aliphatic rings. The lowest BCUT2D eigenvalue weighted by atomic mass is 9.97. The number of anilines is 1. The smallest absolute Gasteiger partial charge is 0.372 e. The van der Waals surface area contributed by atoms with Crippen LogP contribution in [0.15, 0.2) is 6.20 Å². The summed E-state index contributed by atoms with van der Waals surface area (Å²) in [5, 5.41) is 11.7. The highest BCUT2D eigenvalue weighted by Gasteiger charge is 2.37. The molecule has 0 aliphatic carbocycles. The normalized spacial score (nSPS) is 16.7. The van der Waals surface area contributed by atoms with Gasteiger partial charge in [0.1, 0.15) is 11.4 Å². The fourth-order valence-electron chi connectivity index (χ4n) is 2.00. The van der Waals surface area contributed by atoms with Crippen LogP contribution in [-0.4, -0.2) is 42.6 Å². The summed E-state index contributed by atoms with van der Waals surface area (Å²) < 4.78 is 10.2. The van der Waals surface area contributed by atoms with Gasteiger partial charge < -0.3 is 19.9 Å². The fraction of sp³-hybridized carbons (Fsp3) is 0.364. The van der Waals surface area contributed by atoms with Crippen LogP contribution in [0.5, 0.6) is 11.6 Å². The molecule has 2 N–H and O–H groups in total. The zero-order valence-electron chi connectivity index (χ0n) is 9.89. The Labute approximate surface area is 103 Å². The van der Waals surface area contributed by atoms with E-state index in [1.54, 1.807) is 0 Å². The van der Waals surface area contributed by atoms with Gasteiger partial charge in [-0.2, -0.15) is 0 Å². The molecule has 1 aromatic heterocycles. The van der Waals surface area contributed by atoms with E-state index < -0.39 is 17.7 Å². The molecule has 18 heavy (non-hydrogen) atoms. The van der Waals surface area contributed by atoms with Crippen molar-refractivity contribution in [1.29, 1.82) is 0 Å². The summed E-state index contributed by atoms with van der Waals surface area (Å²) in [6.45, 7) is 0.193. The second-order valence-corrected chi connectivity index (χ2v) is 3.73. The summed E-state index contributed by atoms with van der Waals surface area (Å²) in [5.74, 6) is -2.45. The van der Waals surface area contributed by atoms with Crippen molar-refractivity contribution in [1.82, 2.24) is 4.98 Å². The summed E-state index contributed by atoms with van der Waals surface area (Å²) in [4.78, 5) is 26.4. The first kappa shape index (κ1) is 12.2. The number of carboxylic acids is 1. The number of carbonyl (C=O) groups is 2. The first-order chi connectivity index (χ1) is 8.60. The minimum atomic E-state index is -1.47. The second-order valence-electron chi connectivity index (χ2n) is 3.73. The summed E-state index contributed by atoms with van der Waals surface area (Å²) in [7, 11) is 2.88. The van der Waals surface area contributed by atoms with Crippen molar-refractivity contribution in [3.8, 4) is 11.6 Å². The number of methoxy groups -OCH3 is 2. The largest absolute Gasteiger partial charge is 0.495 e. The molecule has 7 heteroatoms. The maximum Gasteiger partial charge on any atom is 0.372 e. The lowest BCUT2D eigenvalue weighted by Gasteiger charge is -2.12. The Kier molecular flexibility index (Phi) is 3.05. The SMILES string of the molecule is COc1cnc(OC)c2c1C(C(=O)C(=O)O)CN2. The van der Waals surface area contributed by atoms with Crippen molar-refractivity contribution < 1.29 is 24.2 Å². The van der Waals surface area contributed by atoms with Crippen molar-refractivity contribution in [3.05, 3.63) is 11.8 Å². The summed E-state index contributed by atoms with van der Waals surface area (Å²) >= 11 is 0. The number of pyridine rings is 1. The molecule has 1 aliphatic heterocycles. The molecule has 0 fully saturated rings. The highest BCUT2D eigenvalue weighted by Crippen LogP contribution is 2.43. The standard InChI is InChI=1S/C11H12N2O5/c1-17-6-4-13-10(18-2)8-7(6)5(3-12-8)9(14)11(15)16/h4-5,12H,3H2,1-2H3,(H,15,16). The van der Waals surface area contributed by atoms with Crippen LogP contribution in [0.2, 0.25) is 0 Å². The number of aromatic nitrogens is 1. The number of hydrogen-bond acceptors (Lipinski definition) is 6. The molecule has 0 bridgehead atoms. The molecule has 2 heterocycles. The molecule has 2 rings (SSSR count). The average molecular weight is 252 g/mol. The first-order valence-electron chi connectivity index (χ1n) is 5.22. The van der Waals surface area contributed by atoms with E-state index in [2.05, 4.69) is 10.3 Å². The molecular weight excluding hydrogens is 240 g/mol. The monoisotopic (exact) mass is 252 g/mol. The number of ketones is 1. The molecule has 0 spiro atoms. The molecule has 7 nitrogen and oxygen atoms in total. The molecule has 0 amide bonds. The van der Waals surface area contributed by atoms with Crippen LogP contribution in [0.1, 0.15) is 11.5 Å². The van der Waals surface area contributed by atoms with Crippen LogP contribution in [0, 0.1) is 0 Å². The second kappa shape index (κ2) is 4.52. The molecule has 0 saturated heterocycles. The Morgan fingerprint density at radius 3 is 2.72 bits per heavy atom. The van der Waals surface area contributed by atoms with E-state index in [9.17, 15) is 9.59 Å². The Bertz CT molecular complexity index is 514. The van der Waals surface area contributed by atoms with Crippen LogP contribution < -0.4 is 14.8 Å². The van der Waals surface area contributed by atoms with Crippen LogP contribution in [0.4, 0.5) is 5.69 Å². The Morgan fingerprint density at radius 1 is 1.44 bits per heavy atom. The topological polar surface area (TPSA) is 97.8 Å². The van der Waals surface area contributed by atoms with E-state index >= 15 is 0 Å². The number of rotatable bonds is 4. The van der Waals surface area contributed by atoms with Gasteiger partial charge in [-0.15, -0.1) is 0 Å². The highest BCUT2D eigenvalue weighted by atomic mass is 16.5. The number of fused-ring (bicyclic) bond motifs is 1. The molecule has 0 radical (unpaired) electrons. The number of Topliss-reactive ketones (excluding diaryl/α,β-unsaturated/α-hetero) is 1. The number of aliphatic carboxylic acids is 1. The van der Waals surface area contributed by atoms with Crippen LogP contribution in [0.25, 0.3) is 0 Å². The fourth-order valence-corrected chi connectivity index (χ4v) is 2.00. The molecule has 0 saturated carbocycles. The Hall–Kier alpha value is -2.31. The molecule has 0 aromatic carbocycles. The van der Waals surface area contributed by atoms with Gasteiger partial charge in [0, 0.05) is 12.1 Å². The third-order valence-electron chi connectivity index (χ3n) is 2.82. The van der Waals surface area contributed by atoms with E-state index in [-0.39, 0.29) is 6.54 Å². The van der Waals surface area contributed by atoms with Gasteiger partial charge in [0.25, 0.3) is 0 Å². The van der Waals surface area contributed by atoms with E-state index in [1.807, 2.05) is 0 Å². The maximum absolute atomic E-state index is 11.6. The van der Waals surface area contributed by atoms with Gasteiger partial charge in [0.2, 0.25) is 11.7 Å². The van der Waals surface area contributed by atoms with Gasteiger partial charge in [0.15, 0.2) is 0 Å². The zero-order valence-corrected chi connectivity index (χ0v) is 9.89. The molecular formula is C11H12N2O5. The minimum absolute atomic E-state index is 0.193. The molecule has 1 atom stereocenters. The average Bonchev–Trinajstić information content (AvgIpc) is 2.81. The van der Waals surface area contributed by atoms with Crippen LogP contribution >= 0.6 is 0 Å². The highest BCUT2D eigenvalue weighted by molar-refractivity contribution is 6.35. The Balaban J connectivity index is 2.53. The zero-order chi connectivity index (χ0) is 13.3. The number of nitrogens with one attached hydrogen (secondary N) is 1. The van der Waals surface area contributed by atoms with Gasteiger partial charge in [0.05, 0.1) is 26.3 Å². The quantitative estimate of drug-likeness (QED) is 0.742. The molecule has 96 valence electrons. The van der Waals surface area contributed by atoms with Gasteiger partial charge in [-0.3, -0.25) is 4.79 Å². The number of carboxylic acid groups (broad SMARTS) is 1. The van der Waals surface area contributed by atoms with Gasteiger partial charge in [-0.25, -0.2) is 9.78 Å². The van der Waals surface area contributed by atoms with Crippen molar-refractivity contribution in [2.75, 3.05) is 26.1 Å². The lowest BCUT2D eigenvalue weighted by Crippen LogP contribution is -2.23. The van der Waals surface area contributed by atoms with E-state index in [1.165, 1.54) is 20.4 Å². The summed E-state index contributed by atoms with van der Waals surface area (Å²) in [6, 6.07) is 0. The molecule has 1 aromatic rings. The van der Waals surface area contributed by atoms with Crippen molar-refractivity contribution in [3.63, 3.8) is 0 Å². The Morgan fingerprint density at radius 2 is 2.17 bits per heavy atom. The minimum Gasteiger partial charge on any atom is -0.495 e. The number of hydrogen-bond donors (Lipinski definition) is 2. The third-order valence-corrected chi connectivity index (χ3v) is 2.82. The summed E-state index contributed by atoms with van der Waals surface area (Å²) in [6.07, 6.45) is 1.41. The third kappa shape index (κ3) is 1.73. The number of ether oxygens (including phenoxy) is 2.